The minimum Gasteiger partial charge on any atom is -0.481 e. The maximum absolute atomic E-state index is 12.5. The maximum Gasteiger partial charge on any atom is 0.305 e. The average molecular weight is 442 g/mol. The maximum atomic E-state index is 12.5. The number of ketones is 1. The molecule has 0 spiro atoms. The SMILES string of the molecule is CC(C)c1c(/C=C/C(=O)CC(O)CC(=O)O)c(-c2ccccc2)c2c3ccccc3ccn12. The normalized spacial score (nSPS) is 12.7. The van der Waals surface area contributed by atoms with Crippen molar-refractivity contribution < 1.29 is 19.8 Å². The minimum atomic E-state index is -1.20. The van der Waals surface area contributed by atoms with Crippen molar-refractivity contribution in [2.24, 2.45) is 0 Å². The molecule has 0 fully saturated rings. The Kier molecular flexibility index (Phi) is 6.43. The first-order valence-electron chi connectivity index (χ1n) is 11.1. The number of nitrogens with zero attached hydrogens (tertiary/aromatic N) is 1. The second-order valence-corrected chi connectivity index (χ2v) is 8.57. The number of carboxylic acid groups (broad SMARTS) is 1. The van der Waals surface area contributed by atoms with Crippen LogP contribution in [0.25, 0.3) is 33.5 Å². The summed E-state index contributed by atoms with van der Waals surface area (Å²) in [7, 11) is 0. The van der Waals surface area contributed by atoms with Crippen molar-refractivity contribution in [1.29, 1.82) is 0 Å². The number of aliphatic carboxylic acids is 1. The molecule has 0 saturated carbocycles. The van der Waals surface area contributed by atoms with Gasteiger partial charge in [-0.05, 0) is 35.1 Å². The molecule has 2 N–H and O–H groups in total. The van der Waals surface area contributed by atoms with Gasteiger partial charge in [-0.25, -0.2) is 0 Å². The fourth-order valence-corrected chi connectivity index (χ4v) is 4.46. The highest BCUT2D eigenvalue weighted by Crippen LogP contribution is 2.40. The van der Waals surface area contributed by atoms with Crippen LogP contribution in [0.3, 0.4) is 0 Å². The number of aliphatic hydroxyl groups excluding tert-OH is 1. The fraction of sp³-hybridized carbons (Fsp3) is 0.214. The Morgan fingerprint density at radius 3 is 2.36 bits per heavy atom. The molecule has 4 rings (SSSR count). The van der Waals surface area contributed by atoms with Gasteiger partial charge in [-0.15, -0.1) is 0 Å². The van der Waals surface area contributed by atoms with Crippen molar-refractivity contribution in [1.82, 2.24) is 4.40 Å². The number of benzene rings is 2. The van der Waals surface area contributed by atoms with E-state index in [9.17, 15) is 14.7 Å². The van der Waals surface area contributed by atoms with Gasteiger partial charge in [0.05, 0.1) is 18.0 Å². The highest BCUT2D eigenvalue weighted by Gasteiger charge is 2.22. The average Bonchev–Trinajstić information content (AvgIpc) is 3.12. The number of aromatic nitrogens is 1. The van der Waals surface area contributed by atoms with Crippen LogP contribution in [0.5, 0.6) is 0 Å². The molecule has 5 nitrogen and oxygen atoms in total. The summed E-state index contributed by atoms with van der Waals surface area (Å²) in [5.41, 5.74) is 5.22. The largest absolute Gasteiger partial charge is 0.481 e. The predicted octanol–water partition coefficient (Wildman–Crippen LogP) is 5.69. The van der Waals surface area contributed by atoms with Crippen molar-refractivity contribution in [3.05, 3.63) is 84.2 Å². The smallest absolute Gasteiger partial charge is 0.305 e. The summed E-state index contributed by atoms with van der Waals surface area (Å²) in [6.45, 7) is 4.25. The first kappa shape index (κ1) is 22.5. The van der Waals surface area contributed by atoms with Crippen LogP contribution in [0, 0.1) is 0 Å². The van der Waals surface area contributed by atoms with Gasteiger partial charge in [0.25, 0.3) is 0 Å². The Morgan fingerprint density at radius 1 is 0.970 bits per heavy atom. The van der Waals surface area contributed by atoms with Crippen molar-refractivity contribution in [2.45, 2.75) is 38.7 Å². The molecule has 0 saturated heterocycles. The van der Waals surface area contributed by atoms with E-state index in [0.717, 1.165) is 38.7 Å². The van der Waals surface area contributed by atoms with E-state index in [1.807, 2.05) is 36.4 Å². The molecular weight excluding hydrogens is 414 g/mol. The zero-order valence-electron chi connectivity index (χ0n) is 18.7. The number of carboxylic acids is 1. The van der Waals surface area contributed by atoms with Gasteiger partial charge < -0.3 is 14.6 Å². The number of pyridine rings is 1. The minimum absolute atomic E-state index is 0.184. The van der Waals surface area contributed by atoms with Crippen LogP contribution >= 0.6 is 0 Å². The number of aliphatic hydroxyl groups is 1. The van der Waals surface area contributed by atoms with Gasteiger partial charge in [0.15, 0.2) is 5.78 Å². The third-order valence-electron chi connectivity index (χ3n) is 5.79. The van der Waals surface area contributed by atoms with Crippen LogP contribution in [0.1, 0.15) is 43.9 Å². The molecule has 2 aromatic carbocycles. The Balaban J connectivity index is 1.93. The topological polar surface area (TPSA) is 79.0 Å². The Hall–Kier alpha value is -3.70. The Morgan fingerprint density at radius 2 is 1.67 bits per heavy atom. The molecule has 2 heterocycles. The summed E-state index contributed by atoms with van der Waals surface area (Å²) in [6.07, 6.45) is 3.48. The van der Waals surface area contributed by atoms with E-state index in [0.29, 0.717) is 0 Å². The molecule has 0 aliphatic carbocycles. The van der Waals surface area contributed by atoms with Crippen LogP contribution < -0.4 is 0 Å². The van der Waals surface area contributed by atoms with E-state index in [2.05, 4.69) is 54.8 Å². The molecule has 0 aliphatic heterocycles. The number of fused-ring (bicyclic) bond motifs is 3. The van der Waals surface area contributed by atoms with E-state index in [4.69, 9.17) is 5.11 Å². The third kappa shape index (κ3) is 4.59. The van der Waals surface area contributed by atoms with Gasteiger partial charge in [-0.1, -0.05) is 68.4 Å². The van der Waals surface area contributed by atoms with Gasteiger partial charge in [0.1, 0.15) is 0 Å². The standard InChI is InChI=1S/C28H27NO4/c1-18(2)27-24(13-12-21(30)16-22(31)17-25(32)33)26(20-9-4-3-5-10-20)28-23-11-7-6-8-19(23)14-15-29(27)28/h3-15,18,22,31H,16-17H2,1-2H3,(H,32,33)/b13-12+. The Labute approximate surface area is 192 Å². The van der Waals surface area contributed by atoms with Gasteiger partial charge in [-0.2, -0.15) is 0 Å². The van der Waals surface area contributed by atoms with Crippen molar-refractivity contribution in [2.75, 3.05) is 0 Å². The number of hydrogen-bond donors (Lipinski definition) is 2. The summed E-state index contributed by atoms with van der Waals surface area (Å²) in [5, 5.41) is 21.0. The van der Waals surface area contributed by atoms with Gasteiger partial charge in [0, 0.05) is 34.8 Å². The first-order chi connectivity index (χ1) is 15.9. The number of allylic oxidation sites excluding steroid dienone is 1. The summed E-state index contributed by atoms with van der Waals surface area (Å²) in [6, 6.07) is 20.5. The summed E-state index contributed by atoms with van der Waals surface area (Å²) >= 11 is 0. The van der Waals surface area contributed by atoms with Gasteiger partial charge in [0.2, 0.25) is 0 Å². The lowest BCUT2D eigenvalue weighted by Crippen LogP contribution is -2.16. The summed E-state index contributed by atoms with van der Waals surface area (Å²) in [5.74, 6) is -1.25. The van der Waals surface area contributed by atoms with Crippen LogP contribution in [0.2, 0.25) is 0 Å². The molecule has 2 aromatic heterocycles. The lowest BCUT2D eigenvalue weighted by molar-refractivity contribution is -0.139. The van der Waals surface area contributed by atoms with E-state index >= 15 is 0 Å². The third-order valence-corrected chi connectivity index (χ3v) is 5.79. The molecule has 1 atom stereocenters. The molecule has 168 valence electrons. The highest BCUT2D eigenvalue weighted by atomic mass is 16.4. The number of carbonyl (C=O) groups excluding carboxylic acids is 1. The van der Waals surface area contributed by atoms with Crippen molar-refractivity contribution >= 4 is 34.1 Å². The number of rotatable bonds is 8. The highest BCUT2D eigenvalue weighted by molar-refractivity contribution is 6.07. The van der Waals surface area contributed by atoms with E-state index in [1.54, 1.807) is 0 Å². The lowest BCUT2D eigenvalue weighted by Gasteiger charge is -2.09. The van der Waals surface area contributed by atoms with E-state index < -0.39 is 18.5 Å². The van der Waals surface area contributed by atoms with Crippen molar-refractivity contribution in [3.8, 4) is 11.1 Å². The van der Waals surface area contributed by atoms with Gasteiger partial charge in [-0.3, -0.25) is 9.59 Å². The molecular formula is C28H27NO4. The Bertz CT molecular complexity index is 1350. The molecule has 33 heavy (non-hydrogen) atoms. The molecule has 0 radical (unpaired) electrons. The molecule has 5 heteroatoms. The van der Waals surface area contributed by atoms with Crippen LogP contribution in [-0.2, 0) is 9.59 Å². The predicted molar refractivity (Wildman–Crippen MR) is 131 cm³/mol. The molecule has 0 bridgehead atoms. The van der Waals surface area contributed by atoms with Crippen LogP contribution in [0.4, 0.5) is 0 Å². The lowest BCUT2D eigenvalue weighted by atomic mass is 9.95. The molecule has 0 aliphatic rings. The summed E-state index contributed by atoms with van der Waals surface area (Å²) in [4.78, 5) is 23.3. The molecule has 0 amide bonds. The number of hydrogen-bond acceptors (Lipinski definition) is 3. The van der Waals surface area contributed by atoms with Crippen molar-refractivity contribution in [3.63, 3.8) is 0 Å². The quantitative estimate of drug-likeness (QED) is 0.344. The zero-order chi connectivity index (χ0) is 23.5. The van der Waals surface area contributed by atoms with Crippen LogP contribution in [-0.4, -0.2) is 32.5 Å². The number of carbonyl (C=O) groups is 2. The first-order valence-corrected chi connectivity index (χ1v) is 11.1. The van der Waals surface area contributed by atoms with E-state index in [-0.39, 0.29) is 18.1 Å². The zero-order valence-corrected chi connectivity index (χ0v) is 18.7. The summed E-state index contributed by atoms with van der Waals surface area (Å²) < 4.78 is 2.21. The fourth-order valence-electron chi connectivity index (χ4n) is 4.46. The van der Waals surface area contributed by atoms with Gasteiger partial charge >= 0.3 is 5.97 Å². The molecule has 1 unspecified atom stereocenters. The second-order valence-electron chi connectivity index (χ2n) is 8.57. The second kappa shape index (κ2) is 9.43. The van der Waals surface area contributed by atoms with Crippen LogP contribution in [0.15, 0.2) is 72.9 Å². The van der Waals surface area contributed by atoms with E-state index in [1.165, 1.54) is 6.08 Å². The monoisotopic (exact) mass is 441 g/mol. The molecule has 4 aromatic rings.